The smallest absolute Gasteiger partial charge is 0.254 e. The Morgan fingerprint density at radius 2 is 1.87 bits per heavy atom. The second-order valence-electron chi connectivity index (χ2n) is 8.37. The maximum Gasteiger partial charge on any atom is 0.254 e. The highest BCUT2D eigenvalue weighted by Crippen LogP contribution is 2.28. The molecular formula is C23H37IN4O2S. The lowest BCUT2D eigenvalue weighted by atomic mass is 10.1. The van der Waals surface area contributed by atoms with Gasteiger partial charge in [0.25, 0.3) is 5.91 Å². The largest absolute Gasteiger partial charge is 0.372 e. The van der Waals surface area contributed by atoms with E-state index in [0.717, 1.165) is 28.9 Å². The van der Waals surface area contributed by atoms with E-state index in [9.17, 15) is 4.79 Å². The Balaban J connectivity index is 0.00000341. The number of nitrogens with one attached hydrogen (secondary N) is 2. The number of hydrogen-bond acceptors (Lipinski definition) is 4. The van der Waals surface area contributed by atoms with Crippen molar-refractivity contribution >= 4 is 47.6 Å². The number of amides is 1. The summed E-state index contributed by atoms with van der Waals surface area (Å²) in [6, 6.07) is 8.34. The molecule has 3 rings (SSSR count). The first-order valence-corrected chi connectivity index (χ1v) is 12.4. The lowest BCUT2D eigenvalue weighted by Crippen LogP contribution is -2.48. The Hall–Kier alpha value is -1.00. The zero-order chi connectivity index (χ0) is 21.5. The molecule has 1 aliphatic carbocycles. The third-order valence-corrected chi connectivity index (χ3v) is 6.83. The van der Waals surface area contributed by atoms with Crippen LogP contribution in [0.15, 0.2) is 29.3 Å². The number of guanidine groups is 1. The van der Waals surface area contributed by atoms with Crippen LogP contribution in [0.5, 0.6) is 0 Å². The van der Waals surface area contributed by atoms with E-state index < -0.39 is 0 Å². The molecule has 0 aromatic heterocycles. The van der Waals surface area contributed by atoms with Crippen molar-refractivity contribution in [2.45, 2.75) is 70.1 Å². The second kappa shape index (κ2) is 12.9. The van der Waals surface area contributed by atoms with Crippen LogP contribution in [0.25, 0.3) is 0 Å². The van der Waals surface area contributed by atoms with Crippen LogP contribution in [0.4, 0.5) is 0 Å². The average Bonchev–Trinajstić information content (AvgIpc) is 3.19. The van der Waals surface area contributed by atoms with Crippen LogP contribution in [-0.2, 0) is 11.3 Å². The Bertz CT molecular complexity index is 721. The number of morpholine rings is 1. The summed E-state index contributed by atoms with van der Waals surface area (Å²) in [6.45, 7) is 8.84. The van der Waals surface area contributed by atoms with Crippen molar-refractivity contribution in [2.24, 2.45) is 4.99 Å². The summed E-state index contributed by atoms with van der Waals surface area (Å²) in [7, 11) is 0. The molecule has 1 saturated heterocycles. The number of hydrogen-bond donors (Lipinski definition) is 2. The van der Waals surface area contributed by atoms with Gasteiger partial charge < -0.3 is 20.3 Å². The molecule has 0 spiro atoms. The molecule has 174 valence electrons. The van der Waals surface area contributed by atoms with Crippen molar-refractivity contribution in [3.63, 3.8) is 0 Å². The molecule has 1 saturated carbocycles. The first-order chi connectivity index (χ1) is 14.5. The SMILES string of the molecule is CCNC(=NCc1ccc(C(=O)N2CC(C)OC(C)C2)cc1)NC1CCC(SC)C1.I. The minimum Gasteiger partial charge on any atom is -0.372 e. The maximum absolute atomic E-state index is 12.8. The summed E-state index contributed by atoms with van der Waals surface area (Å²) in [6.07, 6.45) is 6.02. The van der Waals surface area contributed by atoms with Crippen LogP contribution in [0.1, 0.15) is 56.0 Å². The molecule has 0 radical (unpaired) electrons. The van der Waals surface area contributed by atoms with Gasteiger partial charge in [-0.25, -0.2) is 4.99 Å². The van der Waals surface area contributed by atoms with Gasteiger partial charge in [-0.05, 0) is 64.0 Å². The first kappa shape index (κ1) is 26.3. The van der Waals surface area contributed by atoms with Gasteiger partial charge >= 0.3 is 0 Å². The van der Waals surface area contributed by atoms with Gasteiger partial charge in [-0.2, -0.15) is 11.8 Å². The minimum atomic E-state index is 0. The molecule has 1 aromatic carbocycles. The molecule has 2 aliphatic rings. The molecule has 1 amide bonds. The number of thioether (sulfide) groups is 1. The summed E-state index contributed by atoms with van der Waals surface area (Å²) in [5.41, 5.74) is 1.82. The third-order valence-electron chi connectivity index (χ3n) is 5.73. The Morgan fingerprint density at radius 1 is 1.19 bits per heavy atom. The van der Waals surface area contributed by atoms with E-state index in [1.807, 2.05) is 54.8 Å². The lowest BCUT2D eigenvalue weighted by Gasteiger charge is -2.35. The normalized spacial score (nSPS) is 26.3. The van der Waals surface area contributed by atoms with Gasteiger partial charge in [0.1, 0.15) is 0 Å². The molecule has 31 heavy (non-hydrogen) atoms. The van der Waals surface area contributed by atoms with E-state index in [2.05, 4.69) is 23.8 Å². The van der Waals surface area contributed by atoms with Crippen LogP contribution in [0.2, 0.25) is 0 Å². The van der Waals surface area contributed by atoms with E-state index >= 15 is 0 Å². The van der Waals surface area contributed by atoms with E-state index in [-0.39, 0.29) is 42.1 Å². The summed E-state index contributed by atoms with van der Waals surface area (Å²) in [5, 5.41) is 7.70. The molecule has 1 aromatic rings. The second-order valence-corrected chi connectivity index (χ2v) is 9.51. The number of aliphatic imine (C=N–C) groups is 1. The molecule has 1 heterocycles. The highest BCUT2D eigenvalue weighted by atomic mass is 127. The summed E-state index contributed by atoms with van der Waals surface area (Å²) >= 11 is 1.96. The zero-order valence-corrected chi connectivity index (χ0v) is 22.2. The predicted molar refractivity (Wildman–Crippen MR) is 141 cm³/mol. The highest BCUT2D eigenvalue weighted by Gasteiger charge is 2.27. The van der Waals surface area contributed by atoms with Gasteiger partial charge in [0, 0.05) is 36.5 Å². The molecule has 2 fully saturated rings. The number of benzene rings is 1. The summed E-state index contributed by atoms with van der Waals surface area (Å²) < 4.78 is 5.73. The van der Waals surface area contributed by atoms with Crippen LogP contribution in [0.3, 0.4) is 0 Å². The molecule has 2 N–H and O–H groups in total. The van der Waals surface area contributed by atoms with Crippen LogP contribution in [0, 0.1) is 0 Å². The van der Waals surface area contributed by atoms with Crippen molar-refractivity contribution in [1.82, 2.24) is 15.5 Å². The van der Waals surface area contributed by atoms with Crippen molar-refractivity contribution in [1.29, 1.82) is 0 Å². The number of carbonyl (C=O) groups is 1. The fourth-order valence-corrected chi connectivity index (χ4v) is 5.04. The quantitative estimate of drug-likeness (QED) is 0.314. The topological polar surface area (TPSA) is 66.0 Å². The van der Waals surface area contributed by atoms with Gasteiger partial charge in [-0.3, -0.25) is 4.79 Å². The number of rotatable bonds is 6. The van der Waals surface area contributed by atoms with Crippen molar-refractivity contribution in [2.75, 3.05) is 25.9 Å². The number of halogens is 1. The molecule has 4 unspecified atom stereocenters. The van der Waals surface area contributed by atoms with E-state index in [1.165, 1.54) is 19.3 Å². The third kappa shape index (κ3) is 7.82. The molecule has 8 heteroatoms. The summed E-state index contributed by atoms with van der Waals surface area (Å²) in [4.78, 5) is 19.5. The first-order valence-electron chi connectivity index (χ1n) is 11.1. The van der Waals surface area contributed by atoms with Crippen LogP contribution < -0.4 is 10.6 Å². The zero-order valence-electron chi connectivity index (χ0n) is 19.1. The number of nitrogens with zero attached hydrogens (tertiary/aromatic N) is 2. The number of ether oxygens (including phenoxy) is 1. The maximum atomic E-state index is 12.8. The highest BCUT2D eigenvalue weighted by molar-refractivity contribution is 14.0. The minimum absolute atomic E-state index is 0. The molecule has 0 bridgehead atoms. The van der Waals surface area contributed by atoms with E-state index in [4.69, 9.17) is 9.73 Å². The van der Waals surface area contributed by atoms with Gasteiger partial charge in [-0.1, -0.05) is 12.1 Å². The fraction of sp³-hybridized carbons (Fsp3) is 0.652. The van der Waals surface area contributed by atoms with E-state index in [0.29, 0.717) is 25.7 Å². The van der Waals surface area contributed by atoms with Crippen molar-refractivity contribution < 1.29 is 9.53 Å². The van der Waals surface area contributed by atoms with Crippen molar-refractivity contribution in [3.8, 4) is 0 Å². The molecule has 1 aliphatic heterocycles. The van der Waals surface area contributed by atoms with Crippen LogP contribution in [-0.4, -0.2) is 66.2 Å². The Morgan fingerprint density at radius 3 is 2.45 bits per heavy atom. The van der Waals surface area contributed by atoms with Gasteiger partial charge in [0.05, 0.1) is 18.8 Å². The molecular weight excluding hydrogens is 523 g/mol. The fourth-order valence-electron chi connectivity index (χ4n) is 4.25. The molecule has 6 nitrogen and oxygen atoms in total. The van der Waals surface area contributed by atoms with Gasteiger partial charge in [0.15, 0.2) is 5.96 Å². The lowest BCUT2D eigenvalue weighted by molar-refractivity contribution is -0.0586. The van der Waals surface area contributed by atoms with Crippen LogP contribution >= 0.6 is 35.7 Å². The van der Waals surface area contributed by atoms with E-state index in [1.54, 1.807) is 0 Å². The van der Waals surface area contributed by atoms with Gasteiger partial charge in [-0.15, -0.1) is 24.0 Å². The predicted octanol–water partition coefficient (Wildman–Crippen LogP) is 3.89. The standard InChI is InChI=1S/C23H36N4O2S.HI/c1-5-24-23(26-20-10-11-21(12-20)30-4)25-13-18-6-8-19(9-7-18)22(28)27-14-16(2)29-17(3)15-27;/h6-9,16-17,20-21H,5,10-15H2,1-4H3,(H2,24,25,26);1H. The average molecular weight is 561 g/mol. The van der Waals surface area contributed by atoms with Gasteiger partial charge in [0.2, 0.25) is 0 Å². The Kier molecular flexibility index (Phi) is 10.9. The summed E-state index contributed by atoms with van der Waals surface area (Å²) in [5.74, 6) is 0.951. The molecule has 4 atom stereocenters. The van der Waals surface area contributed by atoms with Crippen molar-refractivity contribution in [3.05, 3.63) is 35.4 Å². The number of carbonyl (C=O) groups excluding carboxylic acids is 1. The Labute approximate surface area is 208 Å². The monoisotopic (exact) mass is 560 g/mol.